The number of H-pyrrole nitrogens is 1. The van der Waals surface area contributed by atoms with Crippen molar-refractivity contribution in [3.05, 3.63) is 58.7 Å². The highest BCUT2D eigenvalue weighted by Gasteiger charge is 2.26. The Labute approximate surface area is 220 Å². The van der Waals surface area contributed by atoms with Gasteiger partial charge in [-0.05, 0) is 46.5 Å². The summed E-state index contributed by atoms with van der Waals surface area (Å²) >= 11 is 3.64. The summed E-state index contributed by atoms with van der Waals surface area (Å²) in [7, 11) is 0. The maximum absolute atomic E-state index is 9.23. The molecule has 0 atom stereocenters. The highest BCUT2D eigenvalue weighted by atomic mass is 79.9. The van der Waals surface area contributed by atoms with Crippen molar-refractivity contribution in [3.63, 3.8) is 0 Å². The minimum atomic E-state index is 0.110. The van der Waals surface area contributed by atoms with Crippen molar-refractivity contribution in [1.29, 1.82) is 5.26 Å². The zero-order valence-electron chi connectivity index (χ0n) is 20.1. The fourth-order valence-electron chi connectivity index (χ4n) is 4.38. The first-order chi connectivity index (χ1) is 18.0. The summed E-state index contributed by atoms with van der Waals surface area (Å²) in [6.07, 6.45) is 5.34. The first kappa shape index (κ1) is 23.1. The van der Waals surface area contributed by atoms with Gasteiger partial charge in [-0.1, -0.05) is 13.8 Å². The van der Waals surface area contributed by atoms with Crippen LogP contribution in [0.1, 0.15) is 25.1 Å². The summed E-state index contributed by atoms with van der Waals surface area (Å²) in [5.74, 6) is 2.74. The molecule has 0 saturated carbocycles. The Morgan fingerprint density at radius 3 is 2.78 bits per heavy atom. The van der Waals surface area contributed by atoms with E-state index in [-0.39, 0.29) is 11.9 Å². The van der Waals surface area contributed by atoms with E-state index in [9.17, 15) is 5.26 Å². The van der Waals surface area contributed by atoms with Crippen LogP contribution in [-0.4, -0.2) is 43.0 Å². The Hall–Kier alpha value is -4.30. The van der Waals surface area contributed by atoms with Crippen molar-refractivity contribution in [3.8, 4) is 29.5 Å². The average molecular weight is 557 g/mol. The number of aromatic amines is 1. The number of aromatic nitrogens is 6. The molecule has 0 radical (unpaired) electrons. The monoisotopic (exact) mass is 556 g/mol. The molecule has 1 aromatic carbocycles. The number of hydrogen-bond donors (Lipinski definition) is 1. The second-order valence-corrected chi connectivity index (χ2v) is 9.71. The molecular weight excluding hydrogens is 536 g/mol. The molecule has 1 fully saturated rings. The van der Waals surface area contributed by atoms with E-state index in [1.54, 1.807) is 12.4 Å². The molecule has 0 bridgehead atoms. The van der Waals surface area contributed by atoms with Gasteiger partial charge in [-0.25, -0.2) is 9.97 Å². The van der Waals surface area contributed by atoms with Gasteiger partial charge < -0.3 is 19.4 Å². The Morgan fingerprint density at radius 2 is 2.00 bits per heavy atom. The number of pyridine rings is 1. The van der Waals surface area contributed by atoms with Crippen molar-refractivity contribution in [2.45, 2.75) is 20.3 Å². The zero-order chi connectivity index (χ0) is 25.5. The lowest BCUT2D eigenvalue weighted by Gasteiger charge is -2.38. The van der Waals surface area contributed by atoms with Crippen LogP contribution in [0.25, 0.3) is 21.9 Å². The zero-order valence-corrected chi connectivity index (χ0v) is 21.7. The van der Waals surface area contributed by atoms with Gasteiger partial charge in [0.1, 0.15) is 35.4 Å². The van der Waals surface area contributed by atoms with E-state index in [1.165, 1.54) is 12.4 Å². The number of anilines is 1. The van der Waals surface area contributed by atoms with E-state index in [4.69, 9.17) is 9.47 Å². The molecule has 5 aromatic rings. The lowest BCUT2D eigenvalue weighted by molar-refractivity contribution is 0.416. The molecular formula is C26H21BrN8O2. The van der Waals surface area contributed by atoms with E-state index in [0.717, 1.165) is 46.4 Å². The third-order valence-corrected chi connectivity index (χ3v) is 7.05. The number of rotatable bonds is 6. The maximum Gasteiger partial charge on any atom is 0.327 e. The summed E-state index contributed by atoms with van der Waals surface area (Å²) in [6.45, 7) is 6.17. The number of nitrogens with zero attached hydrogens (tertiary/aromatic N) is 7. The normalized spacial score (nSPS) is 13.5. The van der Waals surface area contributed by atoms with Gasteiger partial charge in [0.2, 0.25) is 5.88 Å². The molecule has 11 heteroatoms. The second kappa shape index (κ2) is 9.29. The molecule has 10 nitrogen and oxygen atoms in total. The van der Waals surface area contributed by atoms with Crippen LogP contribution in [0, 0.1) is 17.2 Å². The van der Waals surface area contributed by atoms with Gasteiger partial charge in [-0.3, -0.25) is 4.98 Å². The number of aryl methyl sites for hydroxylation is 1. The summed E-state index contributed by atoms with van der Waals surface area (Å²) in [6, 6.07) is 9.41. The molecule has 1 aliphatic heterocycles. The molecule has 0 aliphatic carbocycles. The molecule has 1 aliphatic rings. The number of halogens is 1. The number of benzene rings is 1. The van der Waals surface area contributed by atoms with Crippen molar-refractivity contribution in [2.75, 3.05) is 18.0 Å². The standard InChI is InChI=1S/C26H21BrN8O2/c1-3-19-22(27)21-23(32-19)33-26(34-25(21)36-17-6-15(8-28)9-29-10-17)37-16-4-5-20-18(7-16)24(31-13-30-20)35-11-14(2)12-35/h4-7,9-10,13-14H,3,11-12H2,1-2H3,(H,32,33,34). The van der Waals surface area contributed by atoms with Gasteiger partial charge in [0.05, 0.1) is 27.1 Å². The van der Waals surface area contributed by atoms with E-state index in [0.29, 0.717) is 34.0 Å². The Bertz CT molecular complexity index is 1690. The molecule has 5 heterocycles. The average Bonchev–Trinajstić information content (AvgIpc) is 3.22. The van der Waals surface area contributed by atoms with Gasteiger partial charge in [-0.2, -0.15) is 15.2 Å². The van der Waals surface area contributed by atoms with Crippen LogP contribution in [0.3, 0.4) is 0 Å². The molecule has 0 unspecified atom stereocenters. The highest BCUT2D eigenvalue weighted by molar-refractivity contribution is 9.10. The fraction of sp³-hybridized carbons (Fsp3) is 0.231. The first-order valence-electron chi connectivity index (χ1n) is 11.8. The molecule has 184 valence electrons. The van der Waals surface area contributed by atoms with Crippen molar-refractivity contribution in [1.82, 2.24) is 29.9 Å². The Balaban J connectivity index is 1.40. The van der Waals surface area contributed by atoms with E-state index in [2.05, 4.69) is 63.7 Å². The fourth-order valence-corrected chi connectivity index (χ4v) is 5.12. The third-order valence-electron chi connectivity index (χ3n) is 6.18. The maximum atomic E-state index is 9.23. The molecule has 0 amide bonds. The van der Waals surface area contributed by atoms with Crippen molar-refractivity contribution < 1.29 is 9.47 Å². The SMILES string of the molecule is CCc1[nH]c2nc(Oc3ccc4ncnc(N5CC(C)C5)c4c3)nc(Oc3cncc(C#N)c3)c2c1Br. The quantitative estimate of drug-likeness (QED) is 0.287. The highest BCUT2D eigenvalue weighted by Crippen LogP contribution is 2.38. The van der Waals surface area contributed by atoms with Crippen LogP contribution >= 0.6 is 15.9 Å². The minimum absolute atomic E-state index is 0.110. The summed E-state index contributed by atoms with van der Waals surface area (Å²) in [5.41, 5.74) is 2.73. The predicted molar refractivity (Wildman–Crippen MR) is 141 cm³/mol. The lowest BCUT2D eigenvalue weighted by atomic mass is 10.0. The van der Waals surface area contributed by atoms with Crippen molar-refractivity contribution in [2.24, 2.45) is 5.92 Å². The van der Waals surface area contributed by atoms with E-state index < -0.39 is 0 Å². The van der Waals surface area contributed by atoms with E-state index in [1.807, 2.05) is 25.1 Å². The predicted octanol–water partition coefficient (Wildman–Crippen LogP) is 5.53. The van der Waals surface area contributed by atoms with Gasteiger partial charge in [0.25, 0.3) is 0 Å². The summed E-state index contributed by atoms with van der Waals surface area (Å²) < 4.78 is 13.0. The van der Waals surface area contributed by atoms with Gasteiger partial charge in [-0.15, -0.1) is 0 Å². The third kappa shape index (κ3) is 4.29. The number of nitriles is 1. The summed E-state index contributed by atoms with van der Waals surface area (Å²) in [5, 5.41) is 10.8. The van der Waals surface area contributed by atoms with Crippen LogP contribution in [0.5, 0.6) is 23.4 Å². The van der Waals surface area contributed by atoms with Gasteiger partial charge >= 0.3 is 6.01 Å². The van der Waals surface area contributed by atoms with Crippen molar-refractivity contribution >= 4 is 43.7 Å². The minimum Gasteiger partial charge on any atom is -0.436 e. The second-order valence-electron chi connectivity index (χ2n) is 8.92. The number of ether oxygens (including phenoxy) is 2. The van der Waals surface area contributed by atoms with Crippen LogP contribution in [-0.2, 0) is 6.42 Å². The molecule has 0 spiro atoms. The number of hydrogen-bond acceptors (Lipinski definition) is 9. The topological polar surface area (TPSA) is 126 Å². The lowest BCUT2D eigenvalue weighted by Crippen LogP contribution is -2.45. The molecule has 1 saturated heterocycles. The smallest absolute Gasteiger partial charge is 0.327 e. The number of nitrogens with one attached hydrogen (secondary N) is 1. The largest absolute Gasteiger partial charge is 0.436 e. The van der Waals surface area contributed by atoms with E-state index >= 15 is 0 Å². The van der Waals surface area contributed by atoms with Gasteiger partial charge in [0.15, 0.2) is 0 Å². The van der Waals surface area contributed by atoms with Crippen LogP contribution < -0.4 is 14.4 Å². The molecule has 4 aromatic heterocycles. The van der Waals surface area contributed by atoms with Crippen LogP contribution in [0.4, 0.5) is 5.82 Å². The van der Waals surface area contributed by atoms with Crippen LogP contribution in [0.2, 0.25) is 0 Å². The van der Waals surface area contributed by atoms with Crippen LogP contribution in [0.15, 0.2) is 47.5 Å². The first-order valence-corrected chi connectivity index (χ1v) is 12.6. The molecule has 1 N–H and O–H groups in total. The Morgan fingerprint density at radius 1 is 1.14 bits per heavy atom. The molecule has 6 rings (SSSR count). The Kier molecular flexibility index (Phi) is 5.81. The molecule has 37 heavy (non-hydrogen) atoms. The van der Waals surface area contributed by atoms with Gasteiger partial charge in [0, 0.05) is 36.4 Å². The summed E-state index contributed by atoms with van der Waals surface area (Å²) in [4.78, 5) is 27.7. The number of fused-ring (bicyclic) bond motifs is 2.